The number of rotatable bonds is 4. The van der Waals surface area contributed by atoms with Gasteiger partial charge in [-0.05, 0) is 43.5 Å². The second kappa shape index (κ2) is 7.04. The van der Waals surface area contributed by atoms with E-state index >= 15 is 0 Å². The second-order valence-electron chi connectivity index (χ2n) is 6.84. The molecule has 1 saturated heterocycles. The topological polar surface area (TPSA) is 12.5 Å². The molecule has 23 heavy (non-hydrogen) atoms. The summed E-state index contributed by atoms with van der Waals surface area (Å²) in [6.07, 6.45) is 1.13. The lowest BCUT2D eigenvalue weighted by Gasteiger charge is -2.44. The Bertz CT molecular complexity index is 641. The monoisotopic (exact) mass is 329 g/mol. The van der Waals surface area contributed by atoms with Crippen LogP contribution >= 0.6 is 11.6 Å². The van der Waals surface area contributed by atoms with Crippen molar-refractivity contribution in [3.63, 3.8) is 0 Å². The molecule has 122 valence electrons. The first-order valence-electron chi connectivity index (χ1n) is 8.21. The minimum atomic E-state index is 0.0949. The van der Waals surface area contributed by atoms with Crippen molar-refractivity contribution in [2.24, 2.45) is 0 Å². The zero-order valence-corrected chi connectivity index (χ0v) is 14.6. The number of morpholine rings is 1. The summed E-state index contributed by atoms with van der Waals surface area (Å²) < 4.78 is 5.99. The molecule has 0 radical (unpaired) electrons. The Balaban J connectivity index is 1.72. The van der Waals surface area contributed by atoms with Gasteiger partial charge in [-0.3, -0.25) is 4.90 Å². The van der Waals surface area contributed by atoms with Gasteiger partial charge in [-0.2, -0.15) is 0 Å². The minimum Gasteiger partial charge on any atom is -0.371 e. The predicted molar refractivity (Wildman–Crippen MR) is 95.9 cm³/mol. The standard InChI is InChI=1S/C20H24ClNO/c1-20(2,14-16-7-4-3-5-8-16)22-11-12-23-19(15-22)17-9-6-10-18(21)13-17/h3-10,13,19H,11-12,14-15H2,1-2H3/t19-/m0/s1. The van der Waals surface area contributed by atoms with E-state index in [2.05, 4.69) is 55.1 Å². The van der Waals surface area contributed by atoms with Crippen molar-refractivity contribution in [2.75, 3.05) is 19.7 Å². The van der Waals surface area contributed by atoms with Gasteiger partial charge in [0.25, 0.3) is 0 Å². The fourth-order valence-corrected chi connectivity index (χ4v) is 3.51. The molecule has 1 aliphatic rings. The van der Waals surface area contributed by atoms with Crippen molar-refractivity contribution in [1.82, 2.24) is 4.90 Å². The van der Waals surface area contributed by atoms with E-state index in [0.717, 1.165) is 36.7 Å². The van der Waals surface area contributed by atoms with E-state index in [4.69, 9.17) is 16.3 Å². The molecule has 0 aliphatic carbocycles. The average Bonchev–Trinajstić information content (AvgIpc) is 2.55. The fourth-order valence-electron chi connectivity index (χ4n) is 3.31. The fraction of sp³-hybridized carbons (Fsp3) is 0.400. The number of ether oxygens (including phenoxy) is 1. The lowest BCUT2D eigenvalue weighted by Crippen LogP contribution is -2.51. The van der Waals surface area contributed by atoms with Crippen molar-refractivity contribution >= 4 is 11.6 Å². The number of hydrogen-bond acceptors (Lipinski definition) is 2. The Hall–Kier alpha value is -1.35. The van der Waals surface area contributed by atoms with Gasteiger partial charge in [-0.25, -0.2) is 0 Å². The molecule has 1 heterocycles. The van der Waals surface area contributed by atoms with Gasteiger partial charge in [0.15, 0.2) is 0 Å². The third-order valence-corrected chi connectivity index (χ3v) is 4.86. The lowest BCUT2D eigenvalue weighted by molar-refractivity contribution is -0.0636. The minimum absolute atomic E-state index is 0.0949. The van der Waals surface area contributed by atoms with Crippen molar-refractivity contribution in [1.29, 1.82) is 0 Å². The van der Waals surface area contributed by atoms with Crippen LogP contribution in [0.15, 0.2) is 54.6 Å². The van der Waals surface area contributed by atoms with E-state index in [1.165, 1.54) is 5.56 Å². The molecule has 0 saturated carbocycles. The second-order valence-corrected chi connectivity index (χ2v) is 7.27. The van der Waals surface area contributed by atoms with Gasteiger partial charge in [0.2, 0.25) is 0 Å². The Morgan fingerprint density at radius 2 is 1.91 bits per heavy atom. The highest BCUT2D eigenvalue weighted by Gasteiger charge is 2.32. The van der Waals surface area contributed by atoms with Gasteiger partial charge < -0.3 is 4.74 Å². The quantitative estimate of drug-likeness (QED) is 0.803. The first kappa shape index (κ1) is 16.5. The summed E-state index contributed by atoms with van der Waals surface area (Å²) in [5, 5.41) is 0.770. The summed E-state index contributed by atoms with van der Waals surface area (Å²) in [5.41, 5.74) is 2.64. The first-order chi connectivity index (χ1) is 11.0. The van der Waals surface area contributed by atoms with Crippen LogP contribution in [0.3, 0.4) is 0 Å². The van der Waals surface area contributed by atoms with Crippen LogP contribution in [0.1, 0.15) is 31.1 Å². The van der Waals surface area contributed by atoms with Crippen molar-refractivity contribution in [3.05, 3.63) is 70.7 Å². The highest BCUT2D eigenvalue weighted by atomic mass is 35.5. The summed E-state index contributed by atoms with van der Waals surface area (Å²) in [6, 6.07) is 18.7. The van der Waals surface area contributed by atoms with Gasteiger partial charge in [0.1, 0.15) is 0 Å². The molecule has 0 spiro atoms. The van der Waals surface area contributed by atoms with E-state index in [-0.39, 0.29) is 11.6 Å². The van der Waals surface area contributed by atoms with E-state index in [1.807, 2.05) is 18.2 Å². The number of benzene rings is 2. The third kappa shape index (κ3) is 4.14. The Morgan fingerprint density at radius 1 is 1.13 bits per heavy atom. The van der Waals surface area contributed by atoms with Crippen LogP contribution in [0, 0.1) is 0 Å². The van der Waals surface area contributed by atoms with Crippen LogP contribution in [0.5, 0.6) is 0 Å². The zero-order valence-electron chi connectivity index (χ0n) is 13.8. The van der Waals surface area contributed by atoms with Crippen LogP contribution < -0.4 is 0 Å². The van der Waals surface area contributed by atoms with Crippen LogP contribution in [0.4, 0.5) is 0 Å². The van der Waals surface area contributed by atoms with Gasteiger partial charge >= 0.3 is 0 Å². The molecule has 3 rings (SSSR count). The largest absolute Gasteiger partial charge is 0.371 e. The predicted octanol–water partition coefficient (Wildman–Crippen LogP) is 4.73. The number of hydrogen-bond donors (Lipinski definition) is 0. The van der Waals surface area contributed by atoms with Crippen molar-refractivity contribution < 1.29 is 4.74 Å². The van der Waals surface area contributed by atoms with Gasteiger partial charge in [0.05, 0.1) is 12.7 Å². The van der Waals surface area contributed by atoms with Gasteiger partial charge in [-0.15, -0.1) is 0 Å². The molecule has 1 aliphatic heterocycles. The van der Waals surface area contributed by atoms with Gasteiger partial charge in [-0.1, -0.05) is 54.1 Å². The maximum atomic E-state index is 6.13. The molecule has 1 fully saturated rings. The molecule has 0 amide bonds. The summed E-state index contributed by atoms with van der Waals surface area (Å²) in [7, 11) is 0. The SMILES string of the molecule is CC(C)(Cc1ccccc1)N1CCO[C@H](c2cccc(Cl)c2)C1. The van der Waals surface area contributed by atoms with Crippen molar-refractivity contribution in [2.45, 2.75) is 31.9 Å². The number of nitrogens with zero attached hydrogens (tertiary/aromatic N) is 1. The molecular formula is C20H24ClNO. The summed E-state index contributed by atoms with van der Waals surface area (Å²) in [5.74, 6) is 0. The molecule has 0 N–H and O–H groups in total. The molecule has 0 aromatic heterocycles. The van der Waals surface area contributed by atoms with E-state index in [9.17, 15) is 0 Å². The maximum absolute atomic E-state index is 6.13. The highest BCUT2D eigenvalue weighted by Crippen LogP contribution is 2.29. The molecular weight excluding hydrogens is 306 g/mol. The molecule has 2 nitrogen and oxygen atoms in total. The lowest BCUT2D eigenvalue weighted by atomic mass is 9.91. The average molecular weight is 330 g/mol. The molecule has 2 aromatic carbocycles. The van der Waals surface area contributed by atoms with Crippen LogP contribution in [-0.4, -0.2) is 30.1 Å². The Kier molecular flexibility index (Phi) is 5.05. The zero-order chi connectivity index (χ0) is 16.3. The van der Waals surface area contributed by atoms with E-state index in [0.29, 0.717) is 0 Å². The molecule has 1 atom stereocenters. The summed E-state index contributed by atoms with van der Waals surface area (Å²) in [4.78, 5) is 2.54. The van der Waals surface area contributed by atoms with E-state index < -0.39 is 0 Å². The Labute approximate surface area is 144 Å². The normalized spacial score (nSPS) is 19.7. The summed E-state index contributed by atoms with van der Waals surface area (Å²) >= 11 is 6.13. The highest BCUT2D eigenvalue weighted by molar-refractivity contribution is 6.30. The van der Waals surface area contributed by atoms with Crippen LogP contribution in [0.25, 0.3) is 0 Å². The smallest absolute Gasteiger partial charge is 0.0953 e. The Morgan fingerprint density at radius 3 is 2.65 bits per heavy atom. The molecule has 3 heteroatoms. The summed E-state index contributed by atoms with van der Waals surface area (Å²) in [6.45, 7) is 7.27. The molecule has 2 aromatic rings. The maximum Gasteiger partial charge on any atom is 0.0953 e. The van der Waals surface area contributed by atoms with Crippen LogP contribution in [-0.2, 0) is 11.2 Å². The third-order valence-electron chi connectivity index (χ3n) is 4.62. The van der Waals surface area contributed by atoms with Crippen molar-refractivity contribution in [3.8, 4) is 0 Å². The van der Waals surface area contributed by atoms with Crippen LogP contribution in [0.2, 0.25) is 5.02 Å². The number of halogens is 1. The van der Waals surface area contributed by atoms with E-state index in [1.54, 1.807) is 0 Å². The van der Waals surface area contributed by atoms with Gasteiger partial charge in [0, 0.05) is 23.7 Å². The molecule has 0 bridgehead atoms. The first-order valence-corrected chi connectivity index (χ1v) is 8.58. The molecule has 0 unspecified atom stereocenters.